The van der Waals surface area contributed by atoms with E-state index >= 15 is 0 Å². The van der Waals surface area contributed by atoms with Gasteiger partial charge in [0, 0.05) is 4.88 Å². The Morgan fingerprint density at radius 3 is 2.50 bits per heavy atom. The summed E-state index contributed by atoms with van der Waals surface area (Å²) in [7, 11) is 0. The Morgan fingerprint density at radius 2 is 2.30 bits per heavy atom. The van der Waals surface area contributed by atoms with E-state index in [-0.39, 0.29) is 5.38 Å². The summed E-state index contributed by atoms with van der Waals surface area (Å²) >= 11 is 11.0. The zero-order valence-electron chi connectivity index (χ0n) is 5.82. The van der Waals surface area contributed by atoms with Crippen LogP contribution in [-0.2, 0) is 0 Å². The molecule has 1 rings (SSSR count). The molecule has 1 aromatic heterocycles. The van der Waals surface area contributed by atoms with Crippen LogP contribution in [0, 0.1) is 6.92 Å². The molecule has 1 atom stereocenters. The summed E-state index contributed by atoms with van der Waals surface area (Å²) in [6.07, 6.45) is 0. The summed E-state index contributed by atoms with van der Waals surface area (Å²) in [4.78, 5) is 1.30. The summed E-state index contributed by atoms with van der Waals surface area (Å²) in [5.41, 5.74) is 1.23. The monoisotopic (exact) mass is 238 g/mol. The predicted molar refractivity (Wildman–Crippen MR) is 51.0 cm³/mol. The van der Waals surface area contributed by atoms with E-state index in [9.17, 15) is 0 Å². The van der Waals surface area contributed by atoms with Crippen LogP contribution in [0.4, 0.5) is 0 Å². The highest BCUT2D eigenvalue weighted by Gasteiger charge is 2.07. The van der Waals surface area contributed by atoms with E-state index in [1.165, 1.54) is 10.4 Å². The summed E-state index contributed by atoms with van der Waals surface area (Å²) in [5, 5.41) is 0.127. The van der Waals surface area contributed by atoms with Crippen molar-refractivity contribution in [1.29, 1.82) is 0 Å². The molecule has 56 valence electrons. The van der Waals surface area contributed by atoms with Crippen molar-refractivity contribution < 1.29 is 0 Å². The maximum atomic E-state index is 5.91. The van der Waals surface area contributed by atoms with Crippen molar-refractivity contribution in [3.63, 3.8) is 0 Å². The summed E-state index contributed by atoms with van der Waals surface area (Å²) in [6, 6.07) is 2.08. The zero-order valence-corrected chi connectivity index (χ0v) is 8.98. The fourth-order valence-corrected chi connectivity index (χ4v) is 2.95. The average molecular weight is 240 g/mol. The topological polar surface area (TPSA) is 0 Å². The molecule has 0 aromatic carbocycles. The van der Waals surface area contributed by atoms with Crippen LogP contribution < -0.4 is 0 Å². The first-order valence-corrected chi connectivity index (χ1v) is 5.05. The van der Waals surface area contributed by atoms with E-state index in [1.807, 2.05) is 6.92 Å². The third-order valence-electron chi connectivity index (χ3n) is 1.35. The normalized spacial score (nSPS) is 13.6. The van der Waals surface area contributed by atoms with Crippen molar-refractivity contribution in [2.24, 2.45) is 0 Å². The Balaban J connectivity index is 3.03. The van der Waals surface area contributed by atoms with Crippen molar-refractivity contribution in [2.45, 2.75) is 19.2 Å². The minimum absolute atomic E-state index is 0.127. The van der Waals surface area contributed by atoms with Gasteiger partial charge in [0.15, 0.2) is 0 Å². The second-order valence-corrected chi connectivity index (χ2v) is 5.47. The number of alkyl halides is 1. The van der Waals surface area contributed by atoms with E-state index in [0.29, 0.717) is 0 Å². The largest absolute Gasteiger partial charge is 0.133 e. The van der Waals surface area contributed by atoms with Crippen LogP contribution in [0.3, 0.4) is 0 Å². The molecule has 0 amide bonds. The number of thiophene rings is 1. The number of rotatable bonds is 1. The van der Waals surface area contributed by atoms with Gasteiger partial charge in [0.2, 0.25) is 0 Å². The fraction of sp³-hybridized carbons (Fsp3) is 0.429. The van der Waals surface area contributed by atoms with Crippen LogP contribution in [0.25, 0.3) is 0 Å². The van der Waals surface area contributed by atoms with Gasteiger partial charge in [-0.15, -0.1) is 22.9 Å². The van der Waals surface area contributed by atoms with Crippen LogP contribution in [0.1, 0.15) is 22.7 Å². The van der Waals surface area contributed by atoms with Gasteiger partial charge in [0.25, 0.3) is 0 Å². The van der Waals surface area contributed by atoms with Crippen LogP contribution >= 0.6 is 38.9 Å². The van der Waals surface area contributed by atoms with Gasteiger partial charge in [-0.25, -0.2) is 0 Å². The molecule has 0 aliphatic rings. The van der Waals surface area contributed by atoms with Gasteiger partial charge in [-0.3, -0.25) is 0 Å². The Bertz CT molecular complexity index is 230. The lowest BCUT2D eigenvalue weighted by atomic mass is 10.2. The number of hydrogen-bond donors (Lipinski definition) is 0. The Kier molecular flexibility index (Phi) is 2.78. The standard InChI is InChI=1S/C7H8BrClS/c1-4(9)6-3-7(8)10-5(6)2/h3-4H,1-2H3. The zero-order chi connectivity index (χ0) is 7.72. The van der Waals surface area contributed by atoms with Gasteiger partial charge in [-0.2, -0.15) is 0 Å². The molecule has 0 bridgehead atoms. The van der Waals surface area contributed by atoms with Crippen molar-refractivity contribution >= 4 is 38.9 Å². The second-order valence-electron chi connectivity index (χ2n) is 2.18. The predicted octanol–water partition coefficient (Wildman–Crippen LogP) is 4.12. The van der Waals surface area contributed by atoms with Gasteiger partial charge in [0.05, 0.1) is 9.16 Å². The lowest BCUT2D eigenvalue weighted by Crippen LogP contribution is -1.80. The van der Waals surface area contributed by atoms with E-state index in [4.69, 9.17) is 11.6 Å². The maximum Gasteiger partial charge on any atom is 0.0704 e. The van der Waals surface area contributed by atoms with E-state index in [2.05, 4.69) is 28.9 Å². The van der Waals surface area contributed by atoms with Crippen LogP contribution in [0.2, 0.25) is 0 Å². The number of hydrogen-bond acceptors (Lipinski definition) is 1. The molecule has 0 saturated carbocycles. The Hall–Kier alpha value is 0.470. The summed E-state index contributed by atoms with van der Waals surface area (Å²) in [5.74, 6) is 0. The molecule has 0 N–H and O–H groups in total. The maximum absolute atomic E-state index is 5.91. The Labute approximate surface area is 78.3 Å². The third-order valence-corrected chi connectivity index (χ3v) is 3.16. The molecule has 0 aliphatic carbocycles. The molecule has 3 heteroatoms. The van der Waals surface area contributed by atoms with Gasteiger partial charge in [-0.1, -0.05) is 0 Å². The number of aryl methyl sites for hydroxylation is 1. The van der Waals surface area contributed by atoms with Crippen LogP contribution in [0.15, 0.2) is 9.85 Å². The number of halogens is 2. The third kappa shape index (κ3) is 1.74. The molecule has 0 fully saturated rings. The molecule has 10 heavy (non-hydrogen) atoms. The first-order chi connectivity index (χ1) is 4.61. The molecule has 0 saturated heterocycles. The second kappa shape index (κ2) is 3.24. The van der Waals surface area contributed by atoms with Gasteiger partial charge in [-0.05, 0) is 41.4 Å². The molecular weight excluding hydrogens is 232 g/mol. The van der Waals surface area contributed by atoms with Gasteiger partial charge < -0.3 is 0 Å². The SMILES string of the molecule is Cc1sc(Br)cc1C(C)Cl. The molecule has 0 nitrogen and oxygen atoms in total. The summed E-state index contributed by atoms with van der Waals surface area (Å²) < 4.78 is 1.16. The highest BCUT2D eigenvalue weighted by atomic mass is 79.9. The lowest BCUT2D eigenvalue weighted by molar-refractivity contribution is 1.08. The minimum atomic E-state index is 0.127. The Morgan fingerprint density at radius 1 is 1.70 bits per heavy atom. The summed E-state index contributed by atoms with van der Waals surface area (Å²) in [6.45, 7) is 4.08. The first kappa shape index (κ1) is 8.57. The van der Waals surface area contributed by atoms with E-state index in [1.54, 1.807) is 11.3 Å². The van der Waals surface area contributed by atoms with Crippen molar-refractivity contribution in [1.82, 2.24) is 0 Å². The van der Waals surface area contributed by atoms with Gasteiger partial charge >= 0.3 is 0 Å². The van der Waals surface area contributed by atoms with Crippen LogP contribution in [0.5, 0.6) is 0 Å². The molecule has 0 radical (unpaired) electrons. The average Bonchev–Trinajstić information content (AvgIpc) is 2.10. The van der Waals surface area contributed by atoms with Crippen molar-refractivity contribution in [2.75, 3.05) is 0 Å². The molecule has 1 unspecified atom stereocenters. The van der Waals surface area contributed by atoms with Crippen LogP contribution in [-0.4, -0.2) is 0 Å². The smallest absolute Gasteiger partial charge is 0.0704 e. The first-order valence-electron chi connectivity index (χ1n) is 3.01. The molecule has 1 aromatic rings. The quantitative estimate of drug-likeness (QED) is 0.647. The molecule has 1 heterocycles. The highest BCUT2D eigenvalue weighted by Crippen LogP contribution is 2.32. The fourth-order valence-electron chi connectivity index (χ4n) is 0.853. The minimum Gasteiger partial charge on any atom is -0.133 e. The highest BCUT2D eigenvalue weighted by molar-refractivity contribution is 9.11. The van der Waals surface area contributed by atoms with E-state index < -0.39 is 0 Å². The van der Waals surface area contributed by atoms with Crippen molar-refractivity contribution in [3.05, 3.63) is 20.3 Å². The molecule has 0 spiro atoms. The van der Waals surface area contributed by atoms with E-state index in [0.717, 1.165) is 3.79 Å². The van der Waals surface area contributed by atoms with Gasteiger partial charge in [0.1, 0.15) is 0 Å². The lowest BCUT2D eigenvalue weighted by Gasteiger charge is -1.98. The molecular formula is C7H8BrClS. The molecule has 0 aliphatic heterocycles. The van der Waals surface area contributed by atoms with Crippen molar-refractivity contribution in [3.8, 4) is 0 Å².